The molecule has 0 aliphatic heterocycles. The van der Waals surface area contributed by atoms with Gasteiger partial charge in [-0.1, -0.05) is 19.1 Å². The topological polar surface area (TPSA) is 72.9 Å². The van der Waals surface area contributed by atoms with Gasteiger partial charge in [0.25, 0.3) is 0 Å². The first-order valence-corrected chi connectivity index (χ1v) is 12.8. The highest BCUT2D eigenvalue weighted by molar-refractivity contribution is 7.89. The molecule has 6 nitrogen and oxygen atoms in total. The van der Waals surface area contributed by atoms with Crippen molar-refractivity contribution in [2.45, 2.75) is 61.6 Å². The van der Waals surface area contributed by atoms with E-state index in [1.165, 1.54) is 20.2 Å². The van der Waals surface area contributed by atoms with Crippen LogP contribution >= 0.6 is 0 Å². The molecule has 2 aromatic carbocycles. The molecule has 0 saturated heterocycles. The molecule has 0 aromatic heterocycles. The fourth-order valence-electron chi connectivity index (χ4n) is 4.57. The summed E-state index contributed by atoms with van der Waals surface area (Å²) in [7, 11) is -1.59. The standard InChI is InChI=1S/C25H28F3NO5S/c1-24(10-11-24)16-12-17(25(26,27)28)14-18(13-16)35(31,32)29(2)21-8-4-7-20-19(21)6-5-9-22(20)34-15-23(30)33-3/h5-6,9,12-14,21H,4,7-8,10-11,15H2,1-3H3. The zero-order chi connectivity index (χ0) is 25.6. The molecule has 190 valence electrons. The molecule has 2 aromatic rings. The molecule has 35 heavy (non-hydrogen) atoms. The maximum atomic E-state index is 13.6. The summed E-state index contributed by atoms with van der Waals surface area (Å²) in [5, 5.41) is 0. The fraction of sp³-hybridized carbons (Fsp3) is 0.480. The zero-order valence-electron chi connectivity index (χ0n) is 19.8. The Hall–Kier alpha value is -2.59. The molecule has 0 amide bonds. The Morgan fingerprint density at radius 1 is 1.20 bits per heavy atom. The van der Waals surface area contributed by atoms with Gasteiger partial charge in [0.15, 0.2) is 6.61 Å². The predicted octanol–water partition coefficient (Wildman–Crippen LogP) is 5.01. The average Bonchev–Trinajstić information content (AvgIpc) is 3.59. The number of benzene rings is 2. The van der Waals surface area contributed by atoms with Crippen LogP contribution in [-0.4, -0.2) is 39.5 Å². The van der Waals surface area contributed by atoms with Crippen molar-refractivity contribution in [2.24, 2.45) is 0 Å². The molecule has 1 atom stereocenters. The van der Waals surface area contributed by atoms with Gasteiger partial charge in [0, 0.05) is 7.05 Å². The number of fused-ring (bicyclic) bond motifs is 1. The minimum atomic E-state index is -4.66. The molecule has 0 spiro atoms. The number of ether oxygens (including phenoxy) is 2. The van der Waals surface area contributed by atoms with Gasteiger partial charge in [0.2, 0.25) is 10.0 Å². The Balaban J connectivity index is 1.70. The lowest BCUT2D eigenvalue weighted by atomic mass is 9.87. The molecular weight excluding hydrogens is 483 g/mol. The number of hydrogen-bond acceptors (Lipinski definition) is 5. The first kappa shape index (κ1) is 25.5. The number of carbonyl (C=O) groups is 1. The van der Waals surface area contributed by atoms with E-state index >= 15 is 0 Å². The van der Waals surface area contributed by atoms with E-state index in [1.54, 1.807) is 18.2 Å². The number of esters is 1. The Morgan fingerprint density at radius 2 is 1.91 bits per heavy atom. The van der Waals surface area contributed by atoms with Crippen molar-refractivity contribution in [3.8, 4) is 5.75 Å². The Bertz CT molecular complexity index is 1210. The number of hydrogen-bond donors (Lipinski definition) is 0. The number of carbonyl (C=O) groups excluding carboxylic acids is 1. The van der Waals surface area contributed by atoms with Crippen molar-refractivity contribution >= 4 is 16.0 Å². The summed E-state index contributed by atoms with van der Waals surface area (Å²) in [4.78, 5) is 11.1. The van der Waals surface area contributed by atoms with E-state index in [-0.39, 0.29) is 11.5 Å². The van der Waals surface area contributed by atoms with E-state index < -0.39 is 39.2 Å². The van der Waals surface area contributed by atoms with Gasteiger partial charge < -0.3 is 9.47 Å². The Labute approximate surface area is 203 Å². The van der Waals surface area contributed by atoms with E-state index in [0.29, 0.717) is 49.0 Å². The van der Waals surface area contributed by atoms with Crippen molar-refractivity contribution in [3.05, 3.63) is 58.7 Å². The van der Waals surface area contributed by atoms with Crippen LogP contribution in [0, 0.1) is 0 Å². The maximum absolute atomic E-state index is 13.6. The summed E-state index contributed by atoms with van der Waals surface area (Å²) in [5.41, 5.74) is 0.489. The molecular formula is C25H28F3NO5S. The second-order valence-electron chi connectivity index (χ2n) is 9.42. The van der Waals surface area contributed by atoms with Crippen LogP contribution in [0.1, 0.15) is 60.9 Å². The summed E-state index contributed by atoms with van der Waals surface area (Å²) < 4.78 is 79.5. The van der Waals surface area contributed by atoms with E-state index in [4.69, 9.17) is 4.74 Å². The number of halogens is 3. The van der Waals surface area contributed by atoms with E-state index in [0.717, 1.165) is 22.0 Å². The summed E-state index contributed by atoms with van der Waals surface area (Å²) in [6.07, 6.45) is -1.44. The lowest BCUT2D eigenvalue weighted by Gasteiger charge is -2.33. The SMILES string of the molecule is COC(=O)COc1cccc2c1CCCC2N(C)S(=O)(=O)c1cc(C(F)(F)F)cc(C2(C)CC2)c1. The van der Waals surface area contributed by atoms with Crippen LogP contribution in [0.3, 0.4) is 0 Å². The van der Waals surface area contributed by atoms with Gasteiger partial charge in [0.1, 0.15) is 5.75 Å². The molecule has 4 rings (SSSR count). The number of nitrogens with zero attached hydrogens (tertiary/aromatic N) is 1. The van der Waals surface area contributed by atoms with E-state index in [1.807, 2.05) is 6.92 Å². The third-order valence-corrected chi connectivity index (χ3v) is 8.90. The molecule has 0 radical (unpaired) electrons. The summed E-state index contributed by atoms with van der Waals surface area (Å²) in [6.45, 7) is 1.56. The van der Waals surface area contributed by atoms with Gasteiger partial charge in [0.05, 0.1) is 23.6 Å². The molecule has 0 N–H and O–H groups in total. The van der Waals surface area contributed by atoms with Crippen LogP contribution in [-0.2, 0) is 37.6 Å². The third kappa shape index (κ3) is 5.04. The zero-order valence-corrected chi connectivity index (χ0v) is 20.6. The average molecular weight is 512 g/mol. The predicted molar refractivity (Wildman–Crippen MR) is 123 cm³/mol. The minimum absolute atomic E-state index is 0.280. The number of alkyl halides is 3. The second kappa shape index (κ2) is 9.13. The summed E-state index contributed by atoms with van der Waals surface area (Å²) >= 11 is 0. The van der Waals surface area contributed by atoms with Gasteiger partial charge >= 0.3 is 12.1 Å². The highest BCUT2D eigenvalue weighted by Gasteiger charge is 2.43. The molecule has 1 fully saturated rings. The molecule has 2 aliphatic carbocycles. The second-order valence-corrected chi connectivity index (χ2v) is 11.4. The van der Waals surface area contributed by atoms with E-state index in [9.17, 15) is 26.4 Å². The Morgan fingerprint density at radius 3 is 2.54 bits per heavy atom. The number of sulfonamides is 1. The lowest BCUT2D eigenvalue weighted by molar-refractivity contribution is -0.143. The third-order valence-electron chi connectivity index (χ3n) is 7.05. The fourth-order valence-corrected chi connectivity index (χ4v) is 6.01. The maximum Gasteiger partial charge on any atom is 0.416 e. The Kier molecular flexibility index (Phi) is 6.65. The number of rotatable bonds is 7. The van der Waals surface area contributed by atoms with Crippen LogP contribution in [0.5, 0.6) is 5.75 Å². The molecule has 0 heterocycles. The molecule has 1 saturated carbocycles. The normalized spacial score (nSPS) is 19.2. The van der Waals surface area contributed by atoms with Crippen LogP contribution in [0.4, 0.5) is 13.2 Å². The largest absolute Gasteiger partial charge is 0.482 e. The van der Waals surface area contributed by atoms with Crippen LogP contribution in [0.25, 0.3) is 0 Å². The number of methoxy groups -OCH3 is 1. The van der Waals surface area contributed by atoms with E-state index in [2.05, 4.69) is 4.74 Å². The van der Waals surface area contributed by atoms with Crippen molar-refractivity contribution in [3.63, 3.8) is 0 Å². The molecule has 0 bridgehead atoms. The van der Waals surface area contributed by atoms with Crippen LogP contribution < -0.4 is 4.74 Å². The summed E-state index contributed by atoms with van der Waals surface area (Å²) in [6, 6.07) is 7.79. The quantitative estimate of drug-likeness (QED) is 0.489. The highest BCUT2D eigenvalue weighted by atomic mass is 32.2. The van der Waals surface area contributed by atoms with Gasteiger partial charge in [-0.2, -0.15) is 17.5 Å². The van der Waals surface area contributed by atoms with Gasteiger partial charge in [-0.05, 0) is 78.5 Å². The van der Waals surface area contributed by atoms with Crippen LogP contribution in [0.15, 0.2) is 41.3 Å². The van der Waals surface area contributed by atoms with Crippen molar-refractivity contribution in [2.75, 3.05) is 20.8 Å². The van der Waals surface area contributed by atoms with Gasteiger partial charge in [-0.25, -0.2) is 13.2 Å². The first-order valence-electron chi connectivity index (χ1n) is 11.4. The molecule has 10 heteroatoms. The van der Waals surface area contributed by atoms with Crippen LogP contribution in [0.2, 0.25) is 0 Å². The summed E-state index contributed by atoms with van der Waals surface area (Å²) in [5.74, 6) is -0.0780. The monoisotopic (exact) mass is 511 g/mol. The minimum Gasteiger partial charge on any atom is -0.482 e. The van der Waals surface area contributed by atoms with Gasteiger partial charge in [-0.3, -0.25) is 0 Å². The molecule has 2 aliphatic rings. The first-order chi connectivity index (χ1) is 16.4. The lowest BCUT2D eigenvalue weighted by Crippen LogP contribution is -2.34. The van der Waals surface area contributed by atoms with Gasteiger partial charge in [-0.15, -0.1) is 0 Å². The van der Waals surface area contributed by atoms with Crippen molar-refractivity contribution in [1.29, 1.82) is 0 Å². The highest BCUT2D eigenvalue weighted by Crippen LogP contribution is 2.49. The van der Waals surface area contributed by atoms with Crippen molar-refractivity contribution < 1.29 is 35.9 Å². The smallest absolute Gasteiger partial charge is 0.416 e. The molecule has 1 unspecified atom stereocenters. The van der Waals surface area contributed by atoms with Crippen molar-refractivity contribution in [1.82, 2.24) is 4.31 Å².